The number of methoxy groups -OCH3 is 1. The summed E-state index contributed by atoms with van der Waals surface area (Å²) in [5.41, 5.74) is -0.183. The maximum atomic E-state index is 11.4. The Bertz CT molecular complexity index is 497. The molecule has 0 unspecified atom stereocenters. The maximum Gasteiger partial charge on any atom is 0.358 e. The summed E-state index contributed by atoms with van der Waals surface area (Å²) in [7, 11) is -1.96. The van der Waals surface area contributed by atoms with Gasteiger partial charge in [0.15, 0.2) is 5.69 Å². The Balaban J connectivity index is 2.39. The van der Waals surface area contributed by atoms with Crippen LogP contribution >= 0.6 is 0 Å². The van der Waals surface area contributed by atoms with Gasteiger partial charge in [0.05, 0.1) is 25.1 Å². The third kappa shape index (κ3) is 4.77. The van der Waals surface area contributed by atoms with Gasteiger partial charge in [-0.25, -0.2) is 17.9 Å². The summed E-state index contributed by atoms with van der Waals surface area (Å²) in [5.74, 6) is -1.30. The van der Waals surface area contributed by atoms with Gasteiger partial charge in [0.2, 0.25) is 10.0 Å². The minimum atomic E-state index is -3.38. The van der Waals surface area contributed by atoms with E-state index in [1.165, 1.54) is 18.0 Å². The third-order valence-electron chi connectivity index (χ3n) is 1.98. The Hall–Kier alpha value is -1.52. The van der Waals surface area contributed by atoms with Crippen LogP contribution in [-0.2, 0) is 21.3 Å². The number of hydrogen-bond acceptors (Lipinski definition) is 6. The Labute approximate surface area is 104 Å². The van der Waals surface area contributed by atoms with E-state index in [2.05, 4.69) is 19.8 Å². The molecule has 0 atom stereocenters. The number of carbonyl (C=O) groups is 1. The van der Waals surface area contributed by atoms with Crippen molar-refractivity contribution >= 4 is 16.0 Å². The number of ether oxygens (including phenoxy) is 1. The lowest BCUT2D eigenvalue weighted by molar-refractivity contribution is 0.0690. The van der Waals surface area contributed by atoms with E-state index in [0.29, 0.717) is 0 Å². The van der Waals surface area contributed by atoms with E-state index in [1.807, 2.05) is 0 Å². The molecule has 0 amide bonds. The van der Waals surface area contributed by atoms with Gasteiger partial charge < -0.3 is 9.84 Å². The highest BCUT2D eigenvalue weighted by Gasteiger charge is 2.10. The van der Waals surface area contributed by atoms with Crippen molar-refractivity contribution in [1.29, 1.82) is 0 Å². The summed E-state index contributed by atoms with van der Waals surface area (Å²) in [6, 6.07) is 0. The molecule has 0 fully saturated rings. The van der Waals surface area contributed by atoms with Crippen LogP contribution in [0, 0.1) is 0 Å². The molecule has 0 saturated heterocycles. The molecule has 9 nitrogen and oxygen atoms in total. The molecule has 0 aromatic carbocycles. The van der Waals surface area contributed by atoms with Gasteiger partial charge >= 0.3 is 5.97 Å². The molecule has 0 aliphatic carbocycles. The van der Waals surface area contributed by atoms with E-state index in [1.54, 1.807) is 0 Å². The molecule has 0 saturated carbocycles. The summed E-state index contributed by atoms with van der Waals surface area (Å²) in [4.78, 5) is 10.5. The summed E-state index contributed by atoms with van der Waals surface area (Å²) >= 11 is 0. The van der Waals surface area contributed by atoms with Gasteiger partial charge in [-0.05, 0) is 0 Å². The lowest BCUT2D eigenvalue weighted by atomic mass is 10.5. The molecule has 1 rings (SSSR count). The standard InChI is InChI=1S/C8H14N4O5S/c1-17-4-5-18(15,16)9-2-3-12-6-7(8(13)14)10-11-12/h6,9H,2-5H2,1H3,(H,13,14). The molecular formula is C8H14N4O5S. The first kappa shape index (κ1) is 14.5. The lowest BCUT2D eigenvalue weighted by Gasteiger charge is -2.05. The van der Waals surface area contributed by atoms with Gasteiger partial charge in [0, 0.05) is 13.7 Å². The highest BCUT2D eigenvalue weighted by molar-refractivity contribution is 7.89. The zero-order chi connectivity index (χ0) is 13.6. The van der Waals surface area contributed by atoms with Crippen LogP contribution in [-0.4, -0.2) is 60.5 Å². The average Bonchev–Trinajstić information content (AvgIpc) is 2.75. The van der Waals surface area contributed by atoms with Crippen LogP contribution in [0.5, 0.6) is 0 Å². The molecule has 10 heteroatoms. The molecular weight excluding hydrogens is 264 g/mol. The molecule has 0 aliphatic rings. The Morgan fingerprint density at radius 3 is 2.89 bits per heavy atom. The van der Waals surface area contributed by atoms with E-state index in [4.69, 9.17) is 5.11 Å². The van der Waals surface area contributed by atoms with Crippen LogP contribution < -0.4 is 4.72 Å². The molecule has 0 spiro atoms. The second kappa shape index (κ2) is 6.42. The van der Waals surface area contributed by atoms with Crippen molar-refractivity contribution in [1.82, 2.24) is 19.7 Å². The Morgan fingerprint density at radius 2 is 2.33 bits per heavy atom. The van der Waals surface area contributed by atoms with Gasteiger partial charge in [0.1, 0.15) is 0 Å². The first-order valence-electron chi connectivity index (χ1n) is 5.04. The summed E-state index contributed by atoms with van der Waals surface area (Å²) in [5, 5.41) is 15.6. The van der Waals surface area contributed by atoms with Crippen molar-refractivity contribution in [2.75, 3.05) is 26.0 Å². The third-order valence-corrected chi connectivity index (χ3v) is 3.32. The molecule has 0 bridgehead atoms. The fourth-order valence-electron chi connectivity index (χ4n) is 1.09. The minimum absolute atomic E-state index is 0.106. The SMILES string of the molecule is COCCS(=O)(=O)NCCn1cc(C(=O)O)nn1. The fraction of sp³-hybridized carbons (Fsp3) is 0.625. The number of carboxylic acid groups (broad SMARTS) is 1. The number of sulfonamides is 1. The number of hydrogen-bond donors (Lipinski definition) is 2. The fourth-order valence-corrected chi connectivity index (χ4v) is 2.02. The maximum absolute atomic E-state index is 11.4. The average molecular weight is 278 g/mol. The van der Waals surface area contributed by atoms with Crippen LogP contribution in [0.2, 0.25) is 0 Å². The van der Waals surface area contributed by atoms with Crippen molar-refractivity contribution in [3.8, 4) is 0 Å². The highest BCUT2D eigenvalue weighted by atomic mass is 32.2. The summed E-state index contributed by atoms with van der Waals surface area (Å²) in [6.45, 7) is 0.419. The van der Waals surface area contributed by atoms with E-state index in [0.717, 1.165) is 0 Å². The topological polar surface area (TPSA) is 123 Å². The first-order valence-corrected chi connectivity index (χ1v) is 6.69. The number of nitrogens with zero attached hydrogens (tertiary/aromatic N) is 3. The number of nitrogens with one attached hydrogen (secondary N) is 1. The molecule has 0 radical (unpaired) electrons. The van der Waals surface area contributed by atoms with E-state index < -0.39 is 16.0 Å². The van der Waals surface area contributed by atoms with Crippen LogP contribution in [0.15, 0.2) is 6.20 Å². The number of carboxylic acids is 1. The Kier molecular flexibility index (Phi) is 5.19. The molecule has 18 heavy (non-hydrogen) atoms. The quantitative estimate of drug-likeness (QED) is 0.595. The van der Waals surface area contributed by atoms with Gasteiger partial charge in [-0.2, -0.15) is 0 Å². The summed E-state index contributed by atoms with van der Waals surface area (Å²) in [6.07, 6.45) is 1.23. The van der Waals surface area contributed by atoms with Gasteiger partial charge in [0.25, 0.3) is 0 Å². The van der Waals surface area contributed by atoms with E-state index >= 15 is 0 Å². The monoisotopic (exact) mass is 278 g/mol. The predicted octanol–water partition coefficient (Wildman–Crippen LogP) is -1.46. The zero-order valence-electron chi connectivity index (χ0n) is 9.74. The Morgan fingerprint density at radius 1 is 1.61 bits per heavy atom. The number of aromatic carboxylic acids is 1. The molecule has 2 N–H and O–H groups in total. The number of rotatable bonds is 8. The van der Waals surface area contributed by atoms with Gasteiger partial charge in [-0.1, -0.05) is 5.21 Å². The second-order valence-electron chi connectivity index (χ2n) is 3.38. The van der Waals surface area contributed by atoms with Crippen LogP contribution in [0.4, 0.5) is 0 Å². The largest absolute Gasteiger partial charge is 0.476 e. The highest BCUT2D eigenvalue weighted by Crippen LogP contribution is 1.92. The molecule has 102 valence electrons. The molecule has 0 aliphatic heterocycles. The second-order valence-corrected chi connectivity index (χ2v) is 5.30. The summed E-state index contributed by atoms with van der Waals surface area (Å²) < 4.78 is 31.0. The van der Waals surface area contributed by atoms with Crippen molar-refractivity contribution in [2.45, 2.75) is 6.54 Å². The molecule has 1 heterocycles. The van der Waals surface area contributed by atoms with Gasteiger partial charge in [-0.3, -0.25) is 4.68 Å². The zero-order valence-corrected chi connectivity index (χ0v) is 10.6. The van der Waals surface area contributed by atoms with Crippen molar-refractivity contribution in [3.05, 3.63) is 11.9 Å². The smallest absolute Gasteiger partial charge is 0.358 e. The van der Waals surface area contributed by atoms with Gasteiger partial charge in [-0.15, -0.1) is 5.10 Å². The number of aromatic nitrogens is 3. The molecule has 1 aromatic heterocycles. The van der Waals surface area contributed by atoms with Crippen LogP contribution in [0.1, 0.15) is 10.5 Å². The van der Waals surface area contributed by atoms with Crippen molar-refractivity contribution in [2.24, 2.45) is 0 Å². The van der Waals surface area contributed by atoms with Crippen LogP contribution in [0.25, 0.3) is 0 Å². The lowest BCUT2D eigenvalue weighted by Crippen LogP contribution is -2.31. The van der Waals surface area contributed by atoms with E-state index in [9.17, 15) is 13.2 Å². The predicted molar refractivity (Wildman–Crippen MR) is 60.6 cm³/mol. The normalized spacial score (nSPS) is 11.6. The van der Waals surface area contributed by atoms with Crippen molar-refractivity contribution in [3.63, 3.8) is 0 Å². The first-order chi connectivity index (χ1) is 8.44. The van der Waals surface area contributed by atoms with E-state index in [-0.39, 0.29) is 31.1 Å². The minimum Gasteiger partial charge on any atom is -0.476 e. The van der Waals surface area contributed by atoms with Crippen molar-refractivity contribution < 1.29 is 23.1 Å². The van der Waals surface area contributed by atoms with Crippen LogP contribution in [0.3, 0.4) is 0 Å². The molecule has 1 aromatic rings.